The number of hydrogen-bond donors (Lipinski definition) is 0. The standard InChI is InChI=1S/C14H14ClFOS/c1-2-11-6-7-12(18-11)9-17-14-10(8-15)4-3-5-13(14)16/h3-7H,2,8-9H2,1H3. The molecule has 0 N–H and O–H groups in total. The number of ether oxygens (including phenoxy) is 1. The molecule has 0 aliphatic carbocycles. The molecule has 18 heavy (non-hydrogen) atoms. The van der Waals surface area contributed by atoms with Crippen molar-refractivity contribution in [3.8, 4) is 5.75 Å². The van der Waals surface area contributed by atoms with Crippen LogP contribution in [0.2, 0.25) is 0 Å². The molecule has 0 fully saturated rings. The summed E-state index contributed by atoms with van der Waals surface area (Å²) >= 11 is 7.46. The van der Waals surface area contributed by atoms with E-state index in [1.54, 1.807) is 23.5 Å². The molecule has 1 heterocycles. The van der Waals surface area contributed by atoms with Gasteiger partial charge >= 0.3 is 0 Å². The number of benzene rings is 1. The fourth-order valence-electron chi connectivity index (χ4n) is 1.65. The summed E-state index contributed by atoms with van der Waals surface area (Å²) in [6.07, 6.45) is 1.01. The predicted octanol–water partition coefficient (Wildman–Crippen LogP) is 4.77. The maximum atomic E-state index is 13.6. The van der Waals surface area contributed by atoms with Crippen molar-refractivity contribution >= 4 is 22.9 Å². The van der Waals surface area contributed by atoms with Gasteiger partial charge < -0.3 is 4.74 Å². The lowest BCUT2D eigenvalue weighted by atomic mass is 10.2. The van der Waals surface area contributed by atoms with E-state index < -0.39 is 0 Å². The van der Waals surface area contributed by atoms with E-state index in [0.29, 0.717) is 12.2 Å². The van der Waals surface area contributed by atoms with Gasteiger partial charge in [0.25, 0.3) is 0 Å². The van der Waals surface area contributed by atoms with Crippen molar-refractivity contribution in [2.24, 2.45) is 0 Å². The number of para-hydroxylation sites is 1. The molecule has 1 aromatic heterocycles. The average molecular weight is 285 g/mol. The van der Waals surface area contributed by atoms with Gasteiger partial charge in [-0.2, -0.15) is 0 Å². The molecule has 2 aromatic rings. The molecular formula is C14H14ClFOS. The summed E-state index contributed by atoms with van der Waals surface area (Å²) in [4.78, 5) is 2.40. The third-order valence-corrected chi connectivity index (χ3v) is 4.11. The van der Waals surface area contributed by atoms with Gasteiger partial charge in [-0.15, -0.1) is 22.9 Å². The van der Waals surface area contributed by atoms with Gasteiger partial charge in [-0.3, -0.25) is 0 Å². The molecule has 1 aromatic carbocycles. The summed E-state index contributed by atoms with van der Waals surface area (Å²) in [6, 6.07) is 8.90. The molecule has 0 bridgehead atoms. The van der Waals surface area contributed by atoms with Gasteiger partial charge in [0.1, 0.15) is 6.61 Å². The number of halogens is 2. The predicted molar refractivity (Wildman–Crippen MR) is 74.0 cm³/mol. The first-order valence-corrected chi connectivity index (χ1v) is 7.13. The van der Waals surface area contributed by atoms with Crippen LogP contribution in [0.15, 0.2) is 30.3 Å². The highest BCUT2D eigenvalue weighted by Crippen LogP contribution is 2.26. The Bertz CT molecular complexity index is 524. The Hall–Kier alpha value is -1.06. The molecule has 0 unspecified atom stereocenters. The summed E-state index contributed by atoms with van der Waals surface area (Å²) in [5, 5.41) is 0. The average Bonchev–Trinajstić information content (AvgIpc) is 2.85. The Morgan fingerprint density at radius 3 is 2.67 bits per heavy atom. The Balaban J connectivity index is 2.10. The lowest BCUT2D eigenvalue weighted by Gasteiger charge is -2.09. The number of rotatable bonds is 5. The van der Waals surface area contributed by atoms with E-state index in [2.05, 4.69) is 13.0 Å². The first kappa shape index (κ1) is 13.4. The number of thiophene rings is 1. The van der Waals surface area contributed by atoms with Crippen molar-refractivity contribution < 1.29 is 9.13 Å². The zero-order chi connectivity index (χ0) is 13.0. The molecule has 4 heteroatoms. The van der Waals surface area contributed by atoms with Crippen LogP contribution in [0.5, 0.6) is 5.75 Å². The second kappa shape index (κ2) is 6.21. The Labute approximate surface area is 115 Å². The van der Waals surface area contributed by atoms with E-state index >= 15 is 0 Å². The van der Waals surface area contributed by atoms with Crippen molar-refractivity contribution in [2.45, 2.75) is 25.8 Å². The van der Waals surface area contributed by atoms with Gasteiger partial charge in [-0.1, -0.05) is 19.1 Å². The molecule has 1 nitrogen and oxygen atoms in total. The summed E-state index contributed by atoms with van der Waals surface area (Å²) in [5.41, 5.74) is 0.684. The largest absolute Gasteiger partial charge is 0.485 e. The van der Waals surface area contributed by atoms with E-state index in [9.17, 15) is 4.39 Å². The second-order valence-electron chi connectivity index (χ2n) is 3.87. The summed E-state index contributed by atoms with van der Waals surface area (Å²) in [7, 11) is 0. The molecule has 2 rings (SSSR count). The number of alkyl halides is 1. The van der Waals surface area contributed by atoms with Gasteiger partial charge in [0.05, 0.1) is 5.88 Å². The van der Waals surface area contributed by atoms with Crippen molar-refractivity contribution in [3.63, 3.8) is 0 Å². The van der Waals surface area contributed by atoms with E-state index in [-0.39, 0.29) is 17.4 Å². The fourth-order valence-corrected chi connectivity index (χ4v) is 2.74. The maximum absolute atomic E-state index is 13.6. The molecule has 96 valence electrons. The molecule has 0 saturated heterocycles. The van der Waals surface area contributed by atoms with Gasteiger partial charge in [0.15, 0.2) is 11.6 Å². The Morgan fingerprint density at radius 1 is 1.22 bits per heavy atom. The molecule has 0 radical (unpaired) electrons. The van der Waals surface area contributed by atoms with Crippen LogP contribution in [-0.2, 0) is 18.9 Å². The molecular weight excluding hydrogens is 271 g/mol. The van der Waals surface area contributed by atoms with Crippen LogP contribution in [0.1, 0.15) is 22.2 Å². The van der Waals surface area contributed by atoms with Crippen molar-refractivity contribution in [1.29, 1.82) is 0 Å². The van der Waals surface area contributed by atoms with Gasteiger partial charge in [0, 0.05) is 15.3 Å². The summed E-state index contributed by atoms with van der Waals surface area (Å²) in [5.74, 6) is 0.150. The highest BCUT2D eigenvalue weighted by atomic mass is 35.5. The van der Waals surface area contributed by atoms with Gasteiger partial charge in [-0.25, -0.2) is 4.39 Å². The van der Waals surface area contributed by atoms with Gasteiger partial charge in [-0.05, 0) is 24.6 Å². The quantitative estimate of drug-likeness (QED) is 0.719. The second-order valence-corrected chi connectivity index (χ2v) is 5.39. The Morgan fingerprint density at radius 2 is 2.00 bits per heavy atom. The van der Waals surface area contributed by atoms with Crippen LogP contribution in [0.3, 0.4) is 0 Å². The van der Waals surface area contributed by atoms with Crippen LogP contribution >= 0.6 is 22.9 Å². The highest BCUT2D eigenvalue weighted by molar-refractivity contribution is 7.11. The van der Waals surface area contributed by atoms with E-state index in [1.165, 1.54) is 10.9 Å². The zero-order valence-corrected chi connectivity index (χ0v) is 11.7. The summed E-state index contributed by atoms with van der Waals surface area (Å²) in [6.45, 7) is 2.49. The van der Waals surface area contributed by atoms with Crippen molar-refractivity contribution in [3.05, 3.63) is 51.5 Å². The van der Waals surface area contributed by atoms with E-state index in [0.717, 1.165) is 11.3 Å². The van der Waals surface area contributed by atoms with E-state index in [4.69, 9.17) is 16.3 Å². The minimum atomic E-state index is -0.361. The third-order valence-electron chi connectivity index (χ3n) is 2.62. The topological polar surface area (TPSA) is 9.23 Å². The molecule has 0 aliphatic rings. The van der Waals surface area contributed by atoms with Crippen molar-refractivity contribution in [2.75, 3.05) is 0 Å². The maximum Gasteiger partial charge on any atom is 0.165 e. The fraction of sp³-hybridized carbons (Fsp3) is 0.286. The molecule has 0 spiro atoms. The van der Waals surface area contributed by atoms with E-state index in [1.807, 2.05) is 6.07 Å². The molecule has 0 atom stereocenters. The minimum absolute atomic E-state index is 0.248. The van der Waals surface area contributed by atoms with Crippen LogP contribution in [-0.4, -0.2) is 0 Å². The SMILES string of the molecule is CCc1ccc(COc2c(F)cccc2CCl)s1. The third kappa shape index (κ3) is 3.03. The number of aryl methyl sites for hydroxylation is 1. The Kier molecular flexibility index (Phi) is 4.61. The zero-order valence-electron chi connectivity index (χ0n) is 10.1. The molecule has 0 amide bonds. The number of hydrogen-bond acceptors (Lipinski definition) is 2. The summed E-state index contributed by atoms with van der Waals surface area (Å²) < 4.78 is 19.2. The first-order valence-electron chi connectivity index (χ1n) is 5.78. The smallest absolute Gasteiger partial charge is 0.165 e. The van der Waals surface area contributed by atoms with Crippen LogP contribution in [0, 0.1) is 5.82 Å². The molecule has 0 saturated carbocycles. The highest BCUT2D eigenvalue weighted by Gasteiger charge is 2.09. The van der Waals surface area contributed by atoms with Crippen molar-refractivity contribution in [1.82, 2.24) is 0 Å². The van der Waals surface area contributed by atoms with Crippen LogP contribution < -0.4 is 4.74 Å². The monoisotopic (exact) mass is 284 g/mol. The lowest BCUT2D eigenvalue weighted by Crippen LogP contribution is -1.98. The first-order chi connectivity index (χ1) is 8.74. The normalized spacial score (nSPS) is 10.6. The molecule has 0 aliphatic heterocycles. The lowest BCUT2D eigenvalue weighted by molar-refractivity contribution is 0.291. The minimum Gasteiger partial charge on any atom is -0.485 e. The van der Waals surface area contributed by atoms with Crippen LogP contribution in [0.25, 0.3) is 0 Å². The van der Waals surface area contributed by atoms with Gasteiger partial charge in [0.2, 0.25) is 0 Å². The van der Waals surface area contributed by atoms with Crippen LogP contribution in [0.4, 0.5) is 4.39 Å².